The topological polar surface area (TPSA) is 29.1 Å². The molecule has 1 rings (SSSR count). The number of nitrogens with one attached hydrogen (secondary N) is 1. The Morgan fingerprint density at radius 3 is 2.38 bits per heavy atom. The Bertz CT molecular complexity index is 276. The first-order valence-electron chi connectivity index (χ1n) is 6.29. The van der Waals surface area contributed by atoms with Crippen LogP contribution in [0.2, 0.25) is 0 Å². The van der Waals surface area contributed by atoms with Crippen molar-refractivity contribution in [2.75, 3.05) is 0 Å². The summed E-state index contributed by atoms with van der Waals surface area (Å²) in [5.74, 6) is 0.0724. The minimum atomic E-state index is 0.0724. The van der Waals surface area contributed by atoms with E-state index in [1.807, 2.05) is 13.8 Å². The van der Waals surface area contributed by atoms with Crippen molar-refractivity contribution in [2.24, 2.45) is 0 Å². The van der Waals surface area contributed by atoms with Crippen molar-refractivity contribution in [3.05, 3.63) is 23.3 Å². The van der Waals surface area contributed by atoms with Gasteiger partial charge in [0.1, 0.15) is 0 Å². The number of carbonyl (C=O) groups excluding carboxylic acids is 1. The van der Waals surface area contributed by atoms with E-state index >= 15 is 0 Å². The fourth-order valence-electron chi connectivity index (χ4n) is 2.02. The van der Waals surface area contributed by atoms with Crippen LogP contribution in [0.3, 0.4) is 0 Å². The average Bonchev–Trinajstić information content (AvgIpc) is 2.63. The minimum absolute atomic E-state index is 0.0724. The van der Waals surface area contributed by atoms with Crippen LogP contribution in [-0.2, 0) is 4.79 Å². The molecule has 2 nitrogen and oxygen atoms in total. The van der Waals surface area contributed by atoms with Crippen LogP contribution in [0.15, 0.2) is 23.3 Å². The smallest absolute Gasteiger partial charge is 0.217 e. The number of allylic oxidation sites excluding steroid dienone is 2. The Kier molecular flexibility index (Phi) is 7.61. The van der Waals surface area contributed by atoms with Crippen molar-refractivity contribution in [3.8, 4) is 0 Å². The summed E-state index contributed by atoms with van der Waals surface area (Å²) in [5, 5.41) is 2.97. The van der Waals surface area contributed by atoms with Crippen molar-refractivity contribution in [3.63, 3.8) is 0 Å². The molecule has 0 aliphatic heterocycles. The molecule has 1 unspecified atom stereocenters. The van der Waals surface area contributed by atoms with Gasteiger partial charge in [0.25, 0.3) is 0 Å². The Morgan fingerprint density at radius 1 is 1.38 bits per heavy atom. The van der Waals surface area contributed by atoms with Crippen LogP contribution in [-0.4, -0.2) is 11.9 Å². The summed E-state index contributed by atoms with van der Waals surface area (Å²) in [5.41, 5.74) is 2.80. The molecule has 1 amide bonds. The lowest BCUT2D eigenvalue weighted by Gasteiger charge is -2.07. The average molecular weight is 223 g/mol. The number of hydrogen-bond donors (Lipinski definition) is 1. The zero-order valence-corrected chi connectivity index (χ0v) is 11.3. The summed E-state index contributed by atoms with van der Waals surface area (Å²) in [6.07, 6.45) is 7.47. The van der Waals surface area contributed by atoms with E-state index in [4.69, 9.17) is 0 Å². The molecule has 0 aromatic heterocycles. The van der Waals surface area contributed by atoms with Gasteiger partial charge in [-0.3, -0.25) is 4.79 Å². The van der Waals surface area contributed by atoms with E-state index in [1.54, 1.807) is 6.92 Å². The summed E-state index contributed by atoms with van der Waals surface area (Å²) in [4.78, 5) is 10.9. The van der Waals surface area contributed by atoms with Crippen LogP contribution in [0.5, 0.6) is 0 Å². The van der Waals surface area contributed by atoms with Crippen molar-refractivity contribution in [1.29, 1.82) is 0 Å². The molecule has 2 heteroatoms. The first-order chi connectivity index (χ1) is 7.67. The van der Waals surface area contributed by atoms with Gasteiger partial charge in [-0.25, -0.2) is 0 Å². The summed E-state index contributed by atoms with van der Waals surface area (Å²) < 4.78 is 0. The van der Waals surface area contributed by atoms with Crippen molar-refractivity contribution in [1.82, 2.24) is 5.32 Å². The monoisotopic (exact) mass is 223 g/mol. The standard InChI is InChI=1S/C12H19NO.C2H6/c1-4-6-11-8-12(13-9(3)14)7-10(11)5-2;1-2/h5-6,12H,4,7-8H2,1-3H3,(H,13,14);1-2H3/b10-5-,11-6-;. The van der Waals surface area contributed by atoms with Gasteiger partial charge in [0.15, 0.2) is 0 Å². The minimum Gasteiger partial charge on any atom is -0.353 e. The predicted molar refractivity (Wildman–Crippen MR) is 70.3 cm³/mol. The van der Waals surface area contributed by atoms with Crippen LogP contribution in [0.1, 0.15) is 53.9 Å². The van der Waals surface area contributed by atoms with Gasteiger partial charge in [-0.15, -0.1) is 0 Å². The van der Waals surface area contributed by atoms with Gasteiger partial charge >= 0.3 is 0 Å². The molecule has 0 aromatic carbocycles. The van der Waals surface area contributed by atoms with Gasteiger partial charge in [0, 0.05) is 13.0 Å². The Hall–Kier alpha value is -1.05. The lowest BCUT2D eigenvalue weighted by Crippen LogP contribution is -2.30. The number of carbonyl (C=O) groups is 1. The molecule has 1 aliphatic carbocycles. The number of rotatable bonds is 2. The van der Waals surface area contributed by atoms with Gasteiger partial charge in [-0.1, -0.05) is 32.9 Å². The van der Waals surface area contributed by atoms with E-state index in [0.717, 1.165) is 19.3 Å². The van der Waals surface area contributed by atoms with E-state index in [0.29, 0.717) is 6.04 Å². The van der Waals surface area contributed by atoms with Crippen LogP contribution in [0, 0.1) is 0 Å². The molecule has 0 bridgehead atoms. The lowest BCUT2D eigenvalue weighted by atomic mass is 10.1. The summed E-state index contributed by atoms with van der Waals surface area (Å²) in [6.45, 7) is 9.79. The van der Waals surface area contributed by atoms with Crippen LogP contribution < -0.4 is 5.32 Å². The van der Waals surface area contributed by atoms with E-state index in [-0.39, 0.29) is 5.91 Å². The van der Waals surface area contributed by atoms with Gasteiger partial charge < -0.3 is 5.32 Å². The third-order valence-corrected chi connectivity index (χ3v) is 2.55. The molecule has 0 spiro atoms. The zero-order chi connectivity index (χ0) is 12.6. The third-order valence-electron chi connectivity index (χ3n) is 2.55. The highest BCUT2D eigenvalue weighted by Gasteiger charge is 2.23. The fraction of sp³-hybridized carbons (Fsp3) is 0.643. The first-order valence-corrected chi connectivity index (χ1v) is 6.29. The van der Waals surface area contributed by atoms with Crippen molar-refractivity contribution >= 4 is 5.91 Å². The van der Waals surface area contributed by atoms with Gasteiger partial charge in [-0.05, 0) is 37.3 Å². The van der Waals surface area contributed by atoms with Crippen molar-refractivity contribution < 1.29 is 4.79 Å². The number of amides is 1. The molecular formula is C14H25NO. The molecule has 0 aromatic rings. The molecule has 1 fully saturated rings. The Balaban J connectivity index is 0.00000106. The van der Waals surface area contributed by atoms with Crippen LogP contribution in [0.25, 0.3) is 0 Å². The second-order valence-electron chi connectivity index (χ2n) is 3.76. The normalized spacial score (nSPS) is 24.2. The molecule has 1 N–H and O–H groups in total. The highest BCUT2D eigenvalue weighted by atomic mass is 16.1. The Labute approximate surface area is 99.8 Å². The highest BCUT2D eigenvalue weighted by Crippen LogP contribution is 2.30. The molecule has 0 heterocycles. The molecular weight excluding hydrogens is 198 g/mol. The molecule has 0 radical (unpaired) electrons. The van der Waals surface area contributed by atoms with E-state index in [1.165, 1.54) is 11.1 Å². The van der Waals surface area contributed by atoms with Gasteiger partial charge in [0.05, 0.1) is 0 Å². The second kappa shape index (κ2) is 8.14. The third kappa shape index (κ3) is 4.65. The molecule has 1 atom stereocenters. The first kappa shape index (κ1) is 14.9. The SMILES string of the molecule is C/C=C1/CC(NC(C)=O)C/C1=C/CC.CC. The maximum Gasteiger partial charge on any atom is 0.217 e. The maximum atomic E-state index is 10.9. The van der Waals surface area contributed by atoms with Crippen LogP contribution in [0.4, 0.5) is 0 Å². The largest absolute Gasteiger partial charge is 0.353 e. The summed E-state index contributed by atoms with van der Waals surface area (Å²) in [6, 6.07) is 0.316. The molecule has 0 saturated heterocycles. The maximum absolute atomic E-state index is 10.9. The molecule has 16 heavy (non-hydrogen) atoms. The summed E-state index contributed by atoms with van der Waals surface area (Å²) in [7, 11) is 0. The molecule has 1 aliphatic rings. The quantitative estimate of drug-likeness (QED) is 0.761. The Morgan fingerprint density at radius 2 is 1.94 bits per heavy atom. The lowest BCUT2D eigenvalue weighted by molar-refractivity contribution is -0.119. The second-order valence-corrected chi connectivity index (χ2v) is 3.76. The van der Waals surface area contributed by atoms with Gasteiger partial charge in [0.2, 0.25) is 5.91 Å². The van der Waals surface area contributed by atoms with E-state index < -0.39 is 0 Å². The highest BCUT2D eigenvalue weighted by molar-refractivity contribution is 5.73. The van der Waals surface area contributed by atoms with Gasteiger partial charge in [-0.2, -0.15) is 0 Å². The predicted octanol–water partition coefficient (Wildman–Crippen LogP) is 3.59. The summed E-state index contributed by atoms with van der Waals surface area (Å²) >= 11 is 0. The fourth-order valence-corrected chi connectivity index (χ4v) is 2.02. The van der Waals surface area contributed by atoms with E-state index in [9.17, 15) is 4.79 Å². The van der Waals surface area contributed by atoms with Crippen molar-refractivity contribution in [2.45, 2.75) is 59.9 Å². The van der Waals surface area contributed by atoms with Crippen LogP contribution >= 0.6 is 0 Å². The zero-order valence-electron chi connectivity index (χ0n) is 11.3. The van der Waals surface area contributed by atoms with E-state index in [2.05, 4.69) is 31.3 Å². The molecule has 1 saturated carbocycles. The molecule has 92 valence electrons. The number of hydrogen-bond acceptors (Lipinski definition) is 1.